The van der Waals surface area contributed by atoms with E-state index in [0.717, 1.165) is 30.0 Å². The van der Waals surface area contributed by atoms with E-state index < -0.39 is 26.9 Å². The Balaban J connectivity index is 0.00000221. The van der Waals surface area contributed by atoms with Gasteiger partial charge >= 0.3 is 5.76 Å². The largest absolute Gasteiger partial charge is 0.372 e. The van der Waals surface area contributed by atoms with Gasteiger partial charge in [0.15, 0.2) is 0 Å². The van der Waals surface area contributed by atoms with Crippen LogP contribution in [0.15, 0.2) is 42.6 Å². The quantitative estimate of drug-likeness (QED) is 0.395. The van der Waals surface area contributed by atoms with Crippen LogP contribution in [0.4, 0.5) is 14.6 Å². The summed E-state index contributed by atoms with van der Waals surface area (Å²) in [5.74, 6) is -2.87. The zero-order valence-corrected chi connectivity index (χ0v) is 24.3. The molecule has 42 heavy (non-hydrogen) atoms. The monoisotopic (exact) mass is 604 g/mol. The van der Waals surface area contributed by atoms with Crippen molar-refractivity contribution >= 4 is 32.7 Å². The molecule has 0 unspecified atom stereocenters. The topological polar surface area (TPSA) is 126 Å². The number of amides is 1. The molecule has 3 aromatic heterocycles. The zero-order valence-electron chi connectivity index (χ0n) is 23.5. The number of morpholine rings is 1. The van der Waals surface area contributed by atoms with Crippen LogP contribution in [0.1, 0.15) is 54.5 Å². The molecular weight excluding hydrogens is 566 g/mol. The number of nitrogens with zero attached hydrogens (tertiary/aromatic N) is 4. The molecule has 3 aliphatic carbocycles. The van der Waals surface area contributed by atoms with Gasteiger partial charge in [-0.05, 0) is 76.3 Å². The van der Waals surface area contributed by atoms with Crippen molar-refractivity contribution in [3.63, 3.8) is 0 Å². The summed E-state index contributed by atoms with van der Waals surface area (Å²) in [6.45, 7) is 5.63. The minimum atomic E-state index is -4.70. The lowest BCUT2D eigenvalue weighted by Crippen LogP contribution is -2.73. The average Bonchev–Trinajstić information content (AvgIpc) is 2.91. The molecule has 1 amide bonds. The second kappa shape index (κ2) is 10.8. The minimum Gasteiger partial charge on any atom is -0.372 e. The number of rotatable bonds is 8. The molecule has 4 heterocycles. The second-order valence-electron chi connectivity index (χ2n) is 12.0. The molecule has 4 fully saturated rings. The Morgan fingerprint density at radius 1 is 1.10 bits per heavy atom. The molecule has 13 heteroatoms. The third-order valence-electron chi connectivity index (χ3n) is 8.37. The van der Waals surface area contributed by atoms with E-state index in [1.54, 1.807) is 12.3 Å². The summed E-state index contributed by atoms with van der Waals surface area (Å²) in [5.41, 5.74) is 1.15. The van der Waals surface area contributed by atoms with Crippen LogP contribution in [0.2, 0.25) is 0 Å². The molecule has 7 rings (SSSR count). The summed E-state index contributed by atoms with van der Waals surface area (Å²) in [4.78, 5) is 29.4. The van der Waals surface area contributed by atoms with Gasteiger partial charge in [0.05, 0.1) is 41.2 Å². The van der Waals surface area contributed by atoms with Crippen molar-refractivity contribution in [3.05, 3.63) is 48.3 Å². The summed E-state index contributed by atoms with van der Waals surface area (Å²) in [6, 6.07) is 11.5. The Labute approximate surface area is 246 Å². The van der Waals surface area contributed by atoms with Gasteiger partial charge in [-0.1, -0.05) is 6.07 Å². The van der Waals surface area contributed by atoms with Gasteiger partial charge in [-0.3, -0.25) is 9.78 Å². The van der Waals surface area contributed by atoms with E-state index in [1.807, 2.05) is 30.3 Å². The fraction of sp³-hybridized carbons (Fsp3) is 0.517. The Kier molecular flexibility index (Phi) is 7.38. The summed E-state index contributed by atoms with van der Waals surface area (Å²) in [7, 11) is -4.70. The van der Waals surface area contributed by atoms with Crippen LogP contribution in [0.25, 0.3) is 22.3 Å². The third kappa shape index (κ3) is 5.82. The van der Waals surface area contributed by atoms with Crippen LogP contribution in [0.3, 0.4) is 0 Å². The summed E-state index contributed by atoms with van der Waals surface area (Å²) in [6.07, 6.45) is 4.28. The van der Waals surface area contributed by atoms with Crippen molar-refractivity contribution in [1.29, 1.82) is 0 Å². The SMILES string of the molecule is C[C@@H]1CN(c2cccc(-c3ccc4cnc(CC(=O)NC56CCCC(NS(=O)(=O)C(F)F)(C5)C6)cc4n3)n2)C[C@H](C)O1.[HH].[HH]. The molecule has 1 saturated heterocycles. The normalized spacial score (nSPS) is 27.6. The predicted octanol–water partition coefficient (Wildman–Crippen LogP) is 4.05. The van der Waals surface area contributed by atoms with Gasteiger partial charge in [0, 0.05) is 38.6 Å². The summed E-state index contributed by atoms with van der Waals surface area (Å²) in [5, 5.41) is 3.86. The molecule has 2 N–H and O–H groups in total. The summed E-state index contributed by atoms with van der Waals surface area (Å²) < 4.78 is 57.4. The highest BCUT2D eigenvalue weighted by molar-refractivity contribution is 7.89. The highest BCUT2D eigenvalue weighted by atomic mass is 32.2. The molecule has 3 saturated carbocycles. The van der Waals surface area contributed by atoms with Gasteiger partial charge in [-0.2, -0.15) is 8.78 Å². The lowest BCUT2D eigenvalue weighted by Gasteiger charge is -2.60. The Morgan fingerprint density at radius 2 is 1.81 bits per heavy atom. The third-order valence-corrected chi connectivity index (χ3v) is 9.56. The van der Waals surface area contributed by atoms with Crippen LogP contribution >= 0.6 is 0 Å². The van der Waals surface area contributed by atoms with Crippen LogP contribution in [-0.2, 0) is 26.0 Å². The number of pyridine rings is 3. The molecule has 0 aromatic carbocycles. The smallest absolute Gasteiger partial charge is 0.350 e. The Morgan fingerprint density at radius 3 is 2.55 bits per heavy atom. The van der Waals surface area contributed by atoms with Crippen LogP contribution in [-0.4, -0.2) is 71.4 Å². The number of halogens is 2. The van der Waals surface area contributed by atoms with Crippen molar-refractivity contribution in [2.45, 2.75) is 81.4 Å². The van der Waals surface area contributed by atoms with Crippen molar-refractivity contribution in [2.24, 2.45) is 0 Å². The molecule has 1 aliphatic heterocycles. The first kappa shape index (κ1) is 28.8. The first-order chi connectivity index (χ1) is 19.9. The van der Waals surface area contributed by atoms with E-state index >= 15 is 0 Å². The number of fused-ring (bicyclic) bond motifs is 3. The highest BCUT2D eigenvalue weighted by Crippen LogP contribution is 2.52. The van der Waals surface area contributed by atoms with Crippen molar-refractivity contribution in [3.8, 4) is 11.4 Å². The number of nitrogens with one attached hydrogen (secondary N) is 2. The molecule has 0 spiro atoms. The number of alkyl halides is 2. The van der Waals surface area contributed by atoms with Crippen LogP contribution in [0, 0.1) is 0 Å². The maximum atomic E-state index is 13.0. The second-order valence-corrected chi connectivity index (χ2v) is 13.7. The van der Waals surface area contributed by atoms with Gasteiger partial charge in [0.25, 0.3) is 10.0 Å². The molecule has 228 valence electrons. The molecule has 2 bridgehead atoms. The van der Waals surface area contributed by atoms with Crippen molar-refractivity contribution in [2.75, 3.05) is 18.0 Å². The summed E-state index contributed by atoms with van der Waals surface area (Å²) >= 11 is 0. The van der Waals surface area contributed by atoms with Gasteiger partial charge in [0.1, 0.15) is 5.82 Å². The van der Waals surface area contributed by atoms with Crippen LogP contribution < -0.4 is 14.9 Å². The first-order valence-corrected chi connectivity index (χ1v) is 15.7. The van der Waals surface area contributed by atoms with Gasteiger partial charge in [0.2, 0.25) is 5.91 Å². The molecule has 2 atom stereocenters. The number of carbonyl (C=O) groups excluding carboxylic acids is 1. The number of hydrogen-bond acceptors (Lipinski definition) is 8. The first-order valence-electron chi connectivity index (χ1n) is 14.2. The lowest BCUT2D eigenvalue weighted by molar-refractivity contribution is -0.126. The van der Waals surface area contributed by atoms with Crippen molar-refractivity contribution in [1.82, 2.24) is 25.0 Å². The molecule has 4 aliphatic rings. The maximum Gasteiger partial charge on any atom is 0.350 e. The van der Waals surface area contributed by atoms with Crippen LogP contribution in [0.5, 0.6) is 0 Å². The van der Waals surface area contributed by atoms with Gasteiger partial charge < -0.3 is 15.0 Å². The van der Waals surface area contributed by atoms with E-state index in [4.69, 9.17) is 14.7 Å². The molecule has 0 radical (unpaired) electrons. The number of carbonyl (C=O) groups is 1. The van der Waals surface area contributed by atoms with Gasteiger partial charge in [-0.25, -0.2) is 23.1 Å². The Hall–Kier alpha value is -3.29. The number of hydrogen-bond donors (Lipinski definition) is 2. The molecule has 3 aromatic rings. The zero-order chi connectivity index (χ0) is 29.7. The fourth-order valence-electron chi connectivity index (χ4n) is 6.89. The van der Waals surface area contributed by atoms with Gasteiger partial charge in [-0.15, -0.1) is 0 Å². The standard InChI is InChI=1S/C29H34F2N6O4S.2H2/c1-18-14-37(15-19(2)41-18)25-6-3-5-22(34-25)23-8-7-20-13-32-21(11-24(20)33-23)12-26(38)35-28-9-4-10-29(16-28,17-28)36-42(39,40)27(30)31;;/h3,5-8,11,13,18-19,27,36H,4,9-10,12,14-17H2,1-2H3,(H,35,38);2*1H/t18-,19+,28?,29?;;. The van der Waals surface area contributed by atoms with E-state index in [1.165, 1.54) is 0 Å². The molecular formula is C29H38F2N6O4S. The number of ether oxygens (including phenoxy) is 1. The average molecular weight is 605 g/mol. The highest BCUT2D eigenvalue weighted by Gasteiger charge is 2.59. The van der Waals surface area contributed by atoms with E-state index in [2.05, 4.69) is 33.8 Å². The van der Waals surface area contributed by atoms with Crippen molar-refractivity contribution < 1.29 is 29.6 Å². The number of sulfonamides is 1. The fourth-order valence-corrected chi connectivity index (χ4v) is 7.83. The number of anilines is 1. The number of aromatic nitrogens is 3. The Bertz CT molecular complexity index is 1620. The van der Waals surface area contributed by atoms with E-state index in [-0.39, 0.29) is 27.4 Å². The maximum absolute atomic E-state index is 13.0. The predicted molar refractivity (Wildman–Crippen MR) is 158 cm³/mol. The molecule has 10 nitrogen and oxygen atoms in total. The minimum absolute atomic E-state index is 0. The van der Waals surface area contributed by atoms with E-state index in [9.17, 15) is 22.0 Å². The lowest BCUT2D eigenvalue weighted by atomic mass is 9.55. The van der Waals surface area contributed by atoms with E-state index in [0.29, 0.717) is 49.0 Å².